The highest BCUT2D eigenvalue weighted by molar-refractivity contribution is 5.90. The van der Waals surface area contributed by atoms with Gasteiger partial charge in [0.1, 0.15) is 12.3 Å². The standard InChI is InChI=1S/C16H27N5O3/c1-6-18-15(21(5)10-13(22)20-16(2,3)4)19-9-11-7-8-12(24-11)14(17)23/h7-8H,6,9-10H2,1-5H3,(H2,17,23)(H,18,19)(H,20,22). The van der Waals surface area contributed by atoms with E-state index in [1.807, 2.05) is 27.7 Å². The van der Waals surface area contributed by atoms with E-state index in [0.29, 0.717) is 18.3 Å². The number of guanidine groups is 1. The van der Waals surface area contributed by atoms with Crippen molar-refractivity contribution in [3.05, 3.63) is 23.7 Å². The van der Waals surface area contributed by atoms with Crippen LogP contribution >= 0.6 is 0 Å². The maximum absolute atomic E-state index is 12.0. The predicted octanol–water partition coefficient (Wildman–Crippen LogP) is 0.691. The molecule has 4 N–H and O–H groups in total. The van der Waals surface area contributed by atoms with Gasteiger partial charge in [0.2, 0.25) is 5.91 Å². The number of nitrogens with two attached hydrogens (primary N) is 1. The summed E-state index contributed by atoms with van der Waals surface area (Å²) in [4.78, 5) is 29.2. The van der Waals surface area contributed by atoms with Crippen LogP contribution in [0.25, 0.3) is 0 Å². The number of primary amides is 1. The number of rotatable bonds is 6. The number of aliphatic imine (C=N–C) groups is 1. The molecule has 8 heteroatoms. The second kappa shape index (κ2) is 8.37. The van der Waals surface area contributed by atoms with E-state index in [1.165, 1.54) is 6.07 Å². The summed E-state index contributed by atoms with van der Waals surface area (Å²) in [5, 5.41) is 6.02. The second-order valence-electron chi connectivity index (χ2n) is 6.45. The average Bonchev–Trinajstić information content (AvgIpc) is 2.90. The Kier molecular flexibility index (Phi) is 6.82. The molecule has 0 radical (unpaired) electrons. The third-order valence-corrected chi connectivity index (χ3v) is 2.88. The van der Waals surface area contributed by atoms with Crippen molar-refractivity contribution in [3.8, 4) is 0 Å². The summed E-state index contributed by atoms with van der Waals surface area (Å²) in [7, 11) is 1.78. The van der Waals surface area contributed by atoms with Crippen LogP contribution in [-0.4, -0.2) is 48.3 Å². The molecular formula is C16H27N5O3. The number of nitrogens with zero attached hydrogens (tertiary/aromatic N) is 2. The number of amides is 2. The first-order valence-corrected chi connectivity index (χ1v) is 7.81. The van der Waals surface area contributed by atoms with Crippen LogP contribution < -0.4 is 16.4 Å². The first-order valence-electron chi connectivity index (χ1n) is 7.81. The molecule has 8 nitrogen and oxygen atoms in total. The summed E-state index contributed by atoms with van der Waals surface area (Å²) in [6, 6.07) is 3.17. The first kappa shape index (κ1) is 19.5. The Morgan fingerprint density at radius 1 is 1.33 bits per heavy atom. The van der Waals surface area contributed by atoms with Gasteiger partial charge in [0, 0.05) is 19.1 Å². The van der Waals surface area contributed by atoms with Crippen LogP contribution in [0.5, 0.6) is 0 Å². The zero-order valence-electron chi connectivity index (χ0n) is 15.0. The van der Waals surface area contributed by atoms with Gasteiger partial charge in [-0.3, -0.25) is 9.59 Å². The van der Waals surface area contributed by atoms with Crippen LogP contribution in [0.3, 0.4) is 0 Å². The van der Waals surface area contributed by atoms with Crippen molar-refractivity contribution in [2.45, 2.75) is 39.8 Å². The number of furan rings is 1. The van der Waals surface area contributed by atoms with Gasteiger partial charge < -0.3 is 25.7 Å². The summed E-state index contributed by atoms with van der Waals surface area (Å²) in [5.41, 5.74) is 4.87. The van der Waals surface area contributed by atoms with E-state index in [2.05, 4.69) is 15.6 Å². The minimum absolute atomic E-state index is 0.0929. The number of nitrogens with one attached hydrogen (secondary N) is 2. The zero-order chi connectivity index (χ0) is 18.3. The highest BCUT2D eigenvalue weighted by Crippen LogP contribution is 2.08. The van der Waals surface area contributed by atoms with Gasteiger partial charge in [-0.1, -0.05) is 0 Å². The molecule has 0 saturated heterocycles. The minimum atomic E-state index is -0.617. The Morgan fingerprint density at radius 3 is 2.50 bits per heavy atom. The van der Waals surface area contributed by atoms with E-state index in [0.717, 1.165) is 0 Å². The fraction of sp³-hybridized carbons (Fsp3) is 0.562. The highest BCUT2D eigenvalue weighted by Gasteiger charge is 2.17. The van der Waals surface area contributed by atoms with Crippen molar-refractivity contribution in [1.29, 1.82) is 0 Å². The Hall–Kier alpha value is -2.51. The van der Waals surface area contributed by atoms with Crippen molar-refractivity contribution in [3.63, 3.8) is 0 Å². The van der Waals surface area contributed by atoms with Crippen LogP contribution in [0.4, 0.5) is 0 Å². The molecule has 1 aromatic heterocycles. The molecule has 1 aromatic rings. The molecule has 24 heavy (non-hydrogen) atoms. The van der Waals surface area contributed by atoms with Gasteiger partial charge >= 0.3 is 0 Å². The summed E-state index contributed by atoms with van der Waals surface area (Å²) in [6.45, 7) is 8.80. The number of hydrogen-bond acceptors (Lipinski definition) is 4. The highest BCUT2D eigenvalue weighted by atomic mass is 16.3. The summed E-state index contributed by atoms with van der Waals surface area (Å²) in [6.07, 6.45) is 0. The van der Waals surface area contributed by atoms with Crippen LogP contribution in [0.15, 0.2) is 21.5 Å². The van der Waals surface area contributed by atoms with Crippen molar-refractivity contribution < 1.29 is 14.0 Å². The molecule has 0 bridgehead atoms. The van der Waals surface area contributed by atoms with Crippen LogP contribution in [0.1, 0.15) is 44.0 Å². The largest absolute Gasteiger partial charge is 0.454 e. The van der Waals surface area contributed by atoms with Gasteiger partial charge in [-0.25, -0.2) is 4.99 Å². The molecular weight excluding hydrogens is 310 g/mol. The summed E-state index contributed by atoms with van der Waals surface area (Å²) < 4.78 is 5.29. The maximum Gasteiger partial charge on any atom is 0.284 e. The van der Waals surface area contributed by atoms with E-state index in [-0.39, 0.29) is 30.3 Å². The van der Waals surface area contributed by atoms with E-state index >= 15 is 0 Å². The monoisotopic (exact) mass is 337 g/mol. The third kappa shape index (κ3) is 6.72. The number of likely N-dealkylation sites (N-methyl/N-ethyl adjacent to an activating group) is 1. The van der Waals surface area contributed by atoms with Gasteiger partial charge in [-0.15, -0.1) is 0 Å². The van der Waals surface area contributed by atoms with Gasteiger partial charge in [-0.2, -0.15) is 0 Å². The zero-order valence-corrected chi connectivity index (χ0v) is 15.0. The van der Waals surface area contributed by atoms with Gasteiger partial charge in [0.05, 0.1) is 6.54 Å². The second-order valence-corrected chi connectivity index (χ2v) is 6.45. The lowest BCUT2D eigenvalue weighted by atomic mass is 10.1. The van der Waals surface area contributed by atoms with Crippen LogP contribution in [0.2, 0.25) is 0 Å². The molecule has 0 saturated carbocycles. The van der Waals surface area contributed by atoms with Crippen LogP contribution in [-0.2, 0) is 11.3 Å². The number of hydrogen-bond donors (Lipinski definition) is 3. The van der Waals surface area contributed by atoms with Gasteiger partial charge in [0.25, 0.3) is 5.91 Å². The van der Waals surface area contributed by atoms with E-state index in [1.54, 1.807) is 18.0 Å². The molecule has 0 aromatic carbocycles. The normalized spacial score (nSPS) is 12.0. The predicted molar refractivity (Wildman–Crippen MR) is 92.6 cm³/mol. The molecule has 0 atom stereocenters. The van der Waals surface area contributed by atoms with Crippen molar-refractivity contribution in [2.75, 3.05) is 20.1 Å². The van der Waals surface area contributed by atoms with Crippen molar-refractivity contribution >= 4 is 17.8 Å². The lowest BCUT2D eigenvalue weighted by molar-refractivity contribution is -0.122. The number of carbonyl (C=O) groups excluding carboxylic acids is 2. The minimum Gasteiger partial charge on any atom is -0.454 e. The summed E-state index contributed by atoms with van der Waals surface area (Å²) >= 11 is 0. The Balaban J connectivity index is 2.72. The Labute approximate surface area is 142 Å². The van der Waals surface area contributed by atoms with E-state index < -0.39 is 5.91 Å². The maximum atomic E-state index is 12.0. The van der Waals surface area contributed by atoms with Crippen molar-refractivity contribution in [2.24, 2.45) is 10.7 Å². The molecule has 1 heterocycles. The first-order chi connectivity index (χ1) is 11.1. The fourth-order valence-electron chi connectivity index (χ4n) is 1.97. The molecule has 134 valence electrons. The van der Waals surface area contributed by atoms with Crippen molar-refractivity contribution in [1.82, 2.24) is 15.5 Å². The summed E-state index contributed by atoms with van der Waals surface area (Å²) in [5.74, 6) is 0.478. The van der Waals surface area contributed by atoms with E-state index in [4.69, 9.17) is 10.2 Å². The molecule has 1 rings (SSSR count). The lowest BCUT2D eigenvalue weighted by Crippen LogP contribution is -2.48. The SMILES string of the molecule is CCNC(=NCc1ccc(C(N)=O)o1)N(C)CC(=O)NC(C)(C)C. The molecule has 2 amide bonds. The third-order valence-electron chi connectivity index (χ3n) is 2.88. The topological polar surface area (TPSA) is 113 Å². The Morgan fingerprint density at radius 2 is 2.00 bits per heavy atom. The Bertz CT molecular complexity index is 601. The molecule has 0 spiro atoms. The smallest absolute Gasteiger partial charge is 0.284 e. The molecule has 0 aliphatic carbocycles. The number of carbonyl (C=O) groups is 2. The molecule has 0 fully saturated rings. The molecule has 0 aliphatic rings. The van der Waals surface area contributed by atoms with E-state index in [9.17, 15) is 9.59 Å². The van der Waals surface area contributed by atoms with Crippen LogP contribution in [0, 0.1) is 0 Å². The molecule has 0 aliphatic heterocycles. The van der Waals surface area contributed by atoms with Gasteiger partial charge in [0.15, 0.2) is 11.7 Å². The fourth-order valence-corrected chi connectivity index (χ4v) is 1.97. The lowest BCUT2D eigenvalue weighted by Gasteiger charge is -2.25. The van der Waals surface area contributed by atoms with Gasteiger partial charge in [-0.05, 0) is 39.8 Å². The molecule has 0 unspecified atom stereocenters. The quantitative estimate of drug-likeness (QED) is 0.522. The average molecular weight is 337 g/mol.